The van der Waals surface area contributed by atoms with E-state index in [2.05, 4.69) is 15.6 Å². The number of rotatable bonds is 9. The maximum absolute atomic E-state index is 13.7. The van der Waals surface area contributed by atoms with Crippen LogP contribution in [0.3, 0.4) is 0 Å². The Hall–Kier alpha value is -0.940. The molecule has 1 aromatic rings. The summed E-state index contributed by atoms with van der Waals surface area (Å²) in [6, 6.07) is 5.43. The Bertz CT molecular complexity index is 723. The predicted octanol–water partition coefficient (Wildman–Crippen LogP) is 3.51. The van der Waals surface area contributed by atoms with Gasteiger partial charge >= 0.3 is 0 Å². The minimum absolute atomic E-state index is 0. The molecule has 1 fully saturated rings. The second kappa shape index (κ2) is 14.1. The number of sulfone groups is 1. The van der Waals surface area contributed by atoms with Crippen molar-refractivity contribution >= 4 is 39.8 Å². The highest BCUT2D eigenvalue weighted by molar-refractivity contribution is 14.0. The molecule has 0 atom stereocenters. The number of hydrogen-bond acceptors (Lipinski definition) is 4. The van der Waals surface area contributed by atoms with E-state index < -0.39 is 15.7 Å². The number of ether oxygens (including phenoxy) is 1. The standard InChI is InChI=1S/C20H32FN3O3S.HI/c1-2-22-20(23-13-15-27-17-9-5-3-4-6-10-17)24-14-16-28(25,26)19-12-8-7-11-18(19)21;/h7-8,11-12,17H,2-6,9-10,13-16H2,1H3,(H2,22,23,24);1H. The van der Waals surface area contributed by atoms with Gasteiger partial charge in [-0.1, -0.05) is 37.8 Å². The number of nitrogens with zero attached hydrogens (tertiary/aromatic N) is 1. The quantitative estimate of drug-likeness (QED) is 0.165. The van der Waals surface area contributed by atoms with Crippen LogP contribution in [0.25, 0.3) is 0 Å². The molecule has 1 saturated carbocycles. The van der Waals surface area contributed by atoms with Crippen molar-refractivity contribution in [3.05, 3.63) is 30.1 Å². The first kappa shape index (κ1) is 26.1. The van der Waals surface area contributed by atoms with Gasteiger partial charge in [0.05, 0.1) is 25.0 Å². The minimum atomic E-state index is -3.69. The Morgan fingerprint density at radius 2 is 1.86 bits per heavy atom. The molecular formula is C20H33FIN3O3S. The van der Waals surface area contributed by atoms with Crippen molar-refractivity contribution in [3.8, 4) is 0 Å². The Morgan fingerprint density at radius 1 is 1.17 bits per heavy atom. The van der Waals surface area contributed by atoms with E-state index in [0.29, 0.717) is 31.8 Å². The van der Waals surface area contributed by atoms with Crippen molar-refractivity contribution in [3.63, 3.8) is 0 Å². The first-order valence-electron chi connectivity index (χ1n) is 10.1. The monoisotopic (exact) mass is 541 g/mol. The highest BCUT2D eigenvalue weighted by Gasteiger charge is 2.18. The van der Waals surface area contributed by atoms with Gasteiger partial charge in [-0.2, -0.15) is 0 Å². The van der Waals surface area contributed by atoms with Gasteiger partial charge in [0.2, 0.25) is 0 Å². The van der Waals surface area contributed by atoms with E-state index in [0.717, 1.165) is 18.9 Å². The van der Waals surface area contributed by atoms with Gasteiger partial charge < -0.3 is 15.4 Å². The van der Waals surface area contributed by atoms with Crippen molar-refractivity contribution in [1.82, 2.24) is 10.6 Å². The summed E-state index contributed by atoms with van der Waals surface area (Å²) in [7, 11) is -3.69. The topological polar surface area (TPSA) is 79.8 Å². The Kier molecular flexibility index (Phi) is 12.7. The van der Waals surface area contributed by atoms with Gasteiger partial charge in [-0.15, -0.1) is 24.0 Å². The van der Waals surface area contributed by atoms with E-state index >= 15 is 0 Å². The first-order chi connectivity index (χ1) is 13.5. The molecule has 0 unspecified atom stereocenters. The maximum Gasteiger partial charge on any atom is 0.191 e. The largest absolute Gasteiger partial charge is 0.376 e. The van der Waals surface area contributed by atoms with Crippen LogP contribution in [0.2, 0.25) is 0 Å². The van der Waals surface area contributed by atoms with Crippen LogP contribution in [0.1, 0.15) is 45.4 Å². The fourth-order valence-corrected chi connectivity index (χ4v) is 4.48. The molecule has 0 spiro atoms. The molecule has 1 aromatic carbocycles. The molecule has 0 bridgehead atoms. The Morgan fingerprint density at radius 3 is 2.52 bits per heavy atom. The summed E-state index contributed by atoms with van der Waals surface area (Å²) < 4.78 is 44.2. The van der Waals surface area contributed by atoms with Crippen LogP contribution in [0, 0.1) is 5.82 Å². The molecule has 2 N–H and O–H groups in total. The third kappa shape index (κ3) is 9.61. The molecule has 1 aliphatic rings. The van der Waals surface area contributed by atoms with E-state index in [1.807, 2.05) is 6.92 Å². The molecule has 0 aromatic heterocycles. The molecular weight excluding hydrogens is 508 g/mol. The van der Waals surface area contributed by atoms with Gasteiger partial charge in [-0.05, 0) is 31.9 Å². The summed E-state index contributed by atoms with van der Waals surface area (Å²) in [6.45, 7) is 3.80. The third-order valence-electron chi connectivity index (χ3n) is 4.70. The molecule has 0 radical (unpaired) electrons. The van der Waals surface area contributed by atoms with Gasteiger partial charge in [0.15, 0.2) is 15.8 Å². The average molecular weight is 541 g/mol. The van der Waals surface area contributed by atoms with E-state index in [-0.39, 0.29) is 41.2 Å². The molecule has 0 saturated heterocycles. The summed E-state index contributed by atoms with van der Waals surface area (Å²) in [5.74, 6) is -0.397. The fraction of sp³-hybridized carbons (Fsp3) is 0.650. The summed E-state index contributed by atoms with van der Waals surface area (Å²) >= 11 is 0. The van der Waals surface area contributed by atoms with Crippen molar-refractivity contribution in [2.45, 2.75) is 56.4 Å². The van der Waals surface area contributed by atoms with Crippen molar-refractivity contribution in [1.29, 1.82) is 0 Å². The predicted molar refractivity (Wildman–Crippen MR) is 125 cm³/mol. The van der Waals surface area contributed by atoms with Crippen LogP contribution in [0.5, 0.6) is 0 Å². The van der Waals surface area contributed by atoms with Crippen LogP contribution in [0.15, 0.2) is 34.2 Å². The third-order valence-corrected chi connectivity index (χ3v) is 6.44. The normalized spacial score (nSPS) is 16.0. The number of benzene rings is 1. The lowest BCUT2D eigenvalue weighted by Gasteiger charge is -2.15. The van der Waals surface area contributed by atoms with E-state index in [9.17, 15) is 12.8 Å². The molecule has 0 amide bonds. The van der Waals surface area contributed by atoms with Crippen molar-refractivity contribution in [2.75, 3.05) is 32.0 Å². The van der Waals surface area contributed by atoms with Gasteiger partial charge in [0.25, 0.3) is 0 Å². The van der Waals surface area contributed by atoms with Gasteiger partial charge in [0, 0.05) is 13.1 Å². The first-order valence-corrected chi connectivity index (χ1v) is 11.8. The number of guanidine groups is 1. The number of hydrogen-bond donors (Lipinski definition) is 2. The second-order valence-corrected chi connectivity index (χ2v) is 9.00. The summed E-state index contributed by atoms with van der Waals surface area (Å²) in [5, 5.41) is 6.08. The summed E-state index contributed by atoms with van der Waals surface area (Å²) in [4.78, 5) is 4.16. The van der Waals surface area contributed by atoms with Crippen LogP contribution < -0.4 is 10.6 Å². The highest BCUT2D eigenvalue weighted by Crippen LogP contribution is 2.19. The summed E-state index contributed by atoms with van der Waals surface area (Å²) in [5.41, 5.74) is 0. The molecule has 6 nitrogen and oxygen atoms in total. The molecule has 0 heterocycles. The number of aliphatic imine (C=N–C) groups is 1. The van der Waals surface area contributed by atoms with Gasteiger partial charge in [0.1, 0.15) is 10.7 Å². The fourth-order valence-electron chi connectivity index (χ4n) is 3.24. The maximum atomic E-state index is 13.7. The van der Waals surface area contributed by atoms with E-state index in [1.165, 1.54) is 43.9 Å². The smallest absolute Gasteiger partial charge is 0.191 e. The number of halogens is 2. The van der Waals surface area contributed by atoms with Crippen molar-refractivity contribution in [2.24, 2.45) is 4.99 Å². The van der Waals surface area contributed by atoms with Crippen LogP contribution >= 0.6 is 24.0 Å². The lowest BCUT2D eigenvalue weighted by molar-refractivity contribution is 0.0487. The zero-order valence-electron chi connectivity index (χ0n) is 17.0. The molecule has 166 valence electrons. The van der Waals surface area contributed by atoms with Gasteiger partial charge in [-0.3, -0.25) is 4.99 Å². The molecule has 1 aliphatic carbocycles. The Labute approximate surface area is 191 Å². The SMILES string of the molecule is CCNC(=NCCOC1CCCCCC1)NCCS(=O)(=O)c1ccccc1F.I. The Balaban J connectivity index is 0.00000420. The average Bonchev–Trinajstić information content (AvgIpc) is 2.94. The van der Waals surface area contributed by atoms with E-state index in [1.54, 1.807) is 0 Å². The molecule has 2 rings (SSSR count). The van der Waals surface area contributed by atoms with Crippen molar-refractivity contribution < 1.29 is 17.5 Å². The van der Waals surface area contributed by atoms with Crippen LogP contribution in [-0.4, -0.2) is 52.5 Å². The van der Waals surface area contributed by atoms with Crippen LogP contribution in [0.4, 0.5) is 4.39 Å². The highest BCUT2D eigenvalue weighted by atomic mass is 127. The van der Waals surface area contributed by atoms with E-state index in [4.69, 9.17) is 4.74 Å². The molecule has 0 aliphatic heterocycles. The molecule has 9 heteroatoms. The molecule has 29 heavy (non-hydrogen) atoms. The summed E-state index contributed by atoms with van der Waals surface area (Å²) in [6.07, 6.45) is 7.62. The lowest BCUT2D eigenvalue weighted by atomic mass is 10.1. The zero-order valence-corrected chi connectivity index (χ0v) is 20.2. The van der Waals surface area contributed by atoms with Gasteiger partial charge in [-0.25, -0.2) is 12.8 Å². The minimum Gasteiger partial charge on any atom is -0.376 e. The second-order valence-electron chi connectivity index (χ2n) is 6.92. The van der Waals surface area contributed by atoms with Crippen LogP contribution in [-0.2, 0) is 14.6 Å². The lowest BCUT2D eigenvalue weighted by Crippen LogP contribution is -2.40. The zero-order chi connectivity index (χ0) is 20.2. The number of nitrogens with one attached hydrogen (secondary N) is 2.